The highest BCUT2D eigenvalue weighted by Gasteiger charge is 2.44. The van der Waals surface area contributed by atoms with Gasteiger partial charge in [0.2, 0.25) is 0 Å². The molecule has 1 heterocycles. The van der Waals surface area contributed by atoms with Crippen LogP contribution in [0.4, 0.5) is 0 Å². The topological polar surface area (TPSA) is 151 Å². The molecule has 0 aromatic carbocycles. The van der Waals surface area contributed by atoms with Crippen molar-refractivity contribution >= 4 is 0 Å². The van der Waals surface area contributed by atoms with E-state index in [4.69, 9.17) is 26.0 Å². The maximum Gasteiger partial charge on any atom is 0.187 e. The van der Waals surface area contributed by atoms with Gasteiger partial charge in [-0.05, 0) is 0 Å². The van der Waals surface area contributed by atoms with E-state index >= 15 is 0 Å². The molecule has 1 aliphatic rings. The number of hydrogen-bond acceptors (Lipinski definition) is 8. The molecular weight excluding hydrogens is 232 g/mol. The fraction of sp³-hybridized carbons (Fsp3) is 1.00. The second kappa shape index (κ2) is 6.57. The molecule has 0 spiro atoms. The van der Waals surface area contributed by atoms with E-state index < -0.39 is 43.4 Å². The molecule has 0 amide bonds. The van der Waals surface area contributed by atoms with Crippen LogP contribution in [0, 0.1) is 0 Å². The summed E-state index contributed by atoms with van der Waals surface area (Å²) in [5.41, 5.74) is 10.7. The van der Waals surface area contributed by atoms with E-state index in [2.05, 4.69) is 0 Å². The Morgan fingerprint density at radius 3 is 2.12 bits per heavy atom. The summed E-state index contributed by atoms with van der Waals surface area (Å²) in [5, 5.41) is 37.6. The van der Waals surface area contributed by atoms with Crippen LogP contribution in [0.2, 0.25) is 0 Å². The van der Waals surface area contributed by atoms with Crippen LogP contribution in [0.5, 0.6) is 0 Å². The molecule has 8 N–H and O–H groups in total. The molecule has 1 aliphatic heterocycles. The van der Waals surface area contributed by atoms with Gasteiger partial charge < -0.3 is 41.4 Å². The number of rotatable bonds is 5. The van der Waals surface area contributed by atoms with E-state index in [1.54, 1.807) is 0 Å². The number of aliphatic hydroxyl groups is 4. The second-order valence-corrected chi connectivity index (χ2v) is 3.93. The number of aliphatic hydroxyl groups excluding tert-OH is 4. The summed E-state index contributed by atoms with van der Waals surface area (Å²) in [5.74, 6) is 0. The molecule has 5 atom stereocenters. The lowest BCUT2D eigenvalue weighted by Crippen LogP contribution is -2.60. The van der Waals surface area contributed by atoms with Crippen LogP contribution in [-0.4, -0.2) is 76.9 Å². The lowest BCUT2D eigenvalue weighted by molar-refractivity contribution is -0.309. The maximum atomic E-state index is 9.64. The Morgan fingerprint density at radius 2 is 1.65 bits per heavy atom. The van der Waals surface area contributed by atoms with Gasteiger partial charge >= 0.3 is 0 Å². The largest absolute Gasteiger partial charge is 0.394 e. The Morgan fingerprint density at radius 1 is 1.06 bits per heavy atom. The summed E-state index contributed by atoms with van der Waals surface area (Å²) >= 11 is 0. The van der Waals surface area contributed by atoms with Crippen molar-refractivity contribution in [1.29, 1.82) is 0 Å². The molecule has 0 bridgehead atoms. The van der Waals surface area contributed by atoms with Crippen molar-refractivity contribution in [2.45, 2.75) is 36.8 Å². The molecule has 1 saturated heterocycles. The number of ether oxygens (including phenoxy) is 2. The van der Waals surface area contributed by atoms with Crippen molar-refractivity contribution in [2.24, 2.45) is 11.5 Å². The van der Waals surface area contributed by atoms with Gasteiger partial charge in [-0.15, -0.1) is 0 Å². The molecule has 0 aromatic heterocycles. The molecular formula is C9H20N2O6. The molecule has 102 valence electrons. The third-order valence-corrected chi connectivity index (χ3v) is 2.70. The van der Waals surface area contributed by atoms with Crippen LogP contribution in [0.1, 0.15) is 0 Å². The molecule has 17 heavy (non-hydrogen) atoms. The van der Waals surface area contributed by atoms with Gasteiger partial charge in [0, 0.05) is 13.1 Å². The van der Waals surface area contributed by atoms with Crippen molar-refractivity contribution in [3.05, 3.63) is 0 Å². The van der Waals surface area contributed by atoms with Crippen molar-refractivity contribution in [3.8, 4) is 0 Å². The zero-order valence-electron chi connectivity index (χ0n) is 9.35. The SMILES string of the molecule is NCC(CN)O[C@H]1O[C@H](CO)[C@H](O)[C@H](O)[C@H]1O. The van der Waals surface area contributed by atoms with E-state index in [9.17, 15) is 15.3 Å². The second-order valence-electron chi connectivity index (χ2n) is 3.93. The Balaban J connectivity index is 2.65. The van der Waals surface area contributed by atoms with Gasteiger partial charge in [-0.3, -0.25) is 0 Å². The highest BCUT2D eigenvalue weighted by molar-refractivity contribution is 4.89. The Labute approximate surface area is 98.7 Å². The quantitative estimate of drug-likeness (QED) is 0.290. The average Bonchev–Trinajstić information content (AvgIpc) is 2.35. The monoisotopic (exact) mass is 252 g/mol. The summed E-state index contributed by atoms with van der Waals surface area (Å²) in [6, 6.07) is 0. The van der Waals surface area contributed by atoms with Crippen molar-refractivity contribution in [1.82, 2.24) is 0 Å². The van der Waals surface area contributed by atoms with Crippen LogP contribution >= 0.6 is 0 Å². The molecule has 0 radical (unpaired) electrons. The Kier molecular flexibility index (Phi) is 5.70. The van der Waals surface area contributed by atoms with Gasteiger partial charge in [0.05, 0.1) is 12.7 Å². The molecule has 0 aliphatic carbocycles. The fourth-order valence-corrected chi connectivity index (χ4v) is 1.58. The molecule has 0 unspecified atom stereocenters. The van der Waals surface area contributed by atoms with Crippen LogP contribution in [0.15, 0.2) is 0 Å². The van der Waals surface area contributed by atoms with Gasteiger partial charge in [0.25, 0.3) is 0 Å². The zero-order chi connectivity index (χ0) is 13.0. The molecule has 8 heteroatoms. The lowest BCUT2D eigenvalue weighted by atomic mass is 9.99. The van der Waals surface area contributed by atoms with E-state index in [1.165, 1.54) is 0 Å². The first kappa shape index (κ1) is 14.7. The minimum absolute atomic E-state index is 0.130. The third kappa shape index (κ3) is 3.33. The molecule has 1 rings (SSSR count). The molecule has 0 aromatic rings. The van der Waals surface area contributed by atoms with E-state index in [0.717, 1.165) is 0 Å². The zero-order valence-corrected chi connectivity index (χ0v) is 9.35. The predicted octanol–water partition coefficient (Wildman–Crippen LogP) is -3.91. The minimum atomic E-state index is -1.46. The van der Waals surface area contributed by atoms with Gasteiger partial charge in [0.15, 0.2) is 6.29 Å². The normalized spacial score (nSPS) is 38.6. The lowest BCUT2D eigenvalue weighted by Gasteiger charge is -2.40. The summed E-state index contributed by atoms with van der Waals surface area (Å²) in [7, 11) is 0. The smallest absolute Gasteiger partial charge is 0.187 e. The first-order valence-electron chi connectivity index (χ1n) is 5.41. The van der Waals surface area contributed by atoms with Gasteiger partial charge in [-0.1, -0.05) is 0 Å². The molecule has 8 nitrogen and oxygen atoms in total. The van der Waals surface area contributed by atoms with Crippen molar-refractivity contribution in [3.63, 3.8) is 0 Å². The van der Waals surface area contributed by atoms with Gasteiger partial charge in [-0.25, -0.2) is 0 Å². The summed E-state index contributed by atoms with van der Waals surface area (Å²) in [6.45, 7) is -0.238. The van der Waals surface area contributed by atoms with Crippen molar-refractivity contribution in [2.75, 3.05) is 19.7 Å². The highest BCUT2D eigenvalue weighted by Crippen LogP contribution is 2.22. The van der Waals surface area contributed by atoms with Gasteiger partial charge in [-0.2, -0.15) is 0 Å². The summed E-state index contributed by atoms with van der Waals surface area (Å²) in [6.07, 6.45) is -6.98. The van der Waals surface area contributed by atoms with E-state index in [0.29, 0.717) is 0 Å². The fourth-order valence-electron chi connectivity index (χ4n) is 1.58. The van der Waals surface area contributed by atoms with Crippen LogP contribution in [-0.2, 0) is 9.47 Å². The van der Waals surface area contributed by atoms with Crippen LogP contribution in [0.3, 0.4) is 0 Å². The summed E-state index contributed by atoms with van der Waals surface area (Å²) < 4.78 is 10.4. The van der Waals surface area contributed by atoms with E-state index in [-0.39, 0.29) is 13.1 Å². The van der Waals surface area contributed by atoms with Crippen LogP contribution in [0.25, 0.3) is 0 Å². The first-order valence-corrected chi connectivity index (χ1v) is 5.41. The molecule has 1 fully saturated rings. The third-order valence-electron chi connectivity index (χ3n) is 2.70. The Bertz CT molecular complexity index is 224. The molecule has 0 saturated carbocycles. The average molecular weight is 252 g/mol. The minimum Gasteiger partial charge on any atom is -0.394 e. The van der Waals surface area contributed by atoms with Crippen molar-refractivity contribution < 1.29 is 29.9 Å². The first-order chi connectivity index (χ1) is 8.04. The Hall–Kier alpha value is -0.320. The number of hydrogen-bond donors (Lipinski definition) is 6. The number of nitrogens with two attached hydrogens (primary N) is 2. The maximum absolute atomic E-state index is 9.64. The van der Waals surface area contributed by atoms with Gasteiger partial charge in [0.1, 0.15) is 24.4 Å². The standard InChI is InChI=1S/C9H20N2O6/c10-1-4(2-11)16-9-8(15)7(14)6(13)5(3-12)17-9/h4-9,12-15H,1-3,10-11H2/t5-,6+,7+,8-,9+/m1/s1. The van der Waals surface area contributed by atoms with E-state index in [1.807, 2.05) is 0 Å². The highest BCUT2D eigenvalue weighted by atomic mass is 16.7. The van der Waals surface area contributed by atoms with Crippen LogP contribution < -0.4 is 11.5 Å². The summed E-state index contributed by atoms with van der Waals surface area (Å²) in [4.78, 5) is 0. The predicted molar refractivity (Wildman–Crippen MR) is 56.7 cm³/mol.